The van der Waals surface area contributed by atoms with Gasteiger partial charge in [-0.3, -0.25) is 4.79 Å². The molecule has 2 aromatic rings. The molecule has 122 valence electrons. The van der Waals surface area contributed by atoms with Crippen molar-refractivity contribution in [1.29, 1.82) is 0 Å². The molecule has 0 aliphatic carbocycles. The molecule has 23 heavy (non-hydrogen) atoms. The second kappa shape index (κ2) is 8.06. The van der Waals surface area contributed by atoms with Crippen molar-refractivity contribution >= 4 is 23.4 Å². The summed E-state index contributed by atoms with van der Waals surface area (Å²) in [5.74, 6) is 2.14. The fraction of sp³-hybridized carbons (Fsp3) is 0.316. The second-order valence-corrected chi connectivity index (χ2v) is 6.65. The highest BCUT2D eigenvalue weighted by Gasteiger charge is 2.08. The summed E-state index contributed by atoms with van der Waals surface area (Å²) in [6, 6.07) is 12.1. The van der Waals surface area contributed by atoms with Gasteiger partial charge < -0.3 is 10.1 Å². The summed E-state index contributed by atoms with van der Waals surface area (Å²) in [6.07, 6.45) is 0. The maximum Gasteiger partial charge on any atom is 0.234 e. The van der Waals surface area contributed by atoms with Crippen molar-refractivity contribution in [2.45, 2.75) is 26.5 Å². The van der Waals surface area contributed by atoms with E-state index in [1.807, 2.05) is 38.1 Å². The summed E-state index contributed by atoms with van der Waals surface area (Å²) in [5.41, 5.74) is 5.55. The fourth-order valence-electron chi connectivity index (χ4n) is 2.54. The SMILES string of the molecule is COc1ccc(CSCC(=O)Nc2c(C)cc(C)cc2C)cc1. The molecule has 0 fully saturated rings. The van der Waals surface area contributed by atoms with E-state index in [0.29, 0.717) is 5.75 Å². The fourth-order valence-corrected chi connectivity index (χ4v) is 3.32. The Labute approximate surface area is 142 Å². The van der Waals surface area contributed by atoms with Crippen LogP contribution in [0.5, 0.6) is 5.75 Å². The lowest BCUT2D eigenvalue weighted by atomic mass is 10.1. The molecule has 0 aromatic heterocycles. The molecule has 0 saturated carbocycles. The van der Waals surface area contributed by atoms with Crippen molar-refractivity contribution in [3.63, 3.8) is 0 Å². The Morgan fingerprint density at radius 3 is 2.26 bits per heavy atom. The first-order valence-corrected chi connectivity index (χ1v) is 8.73. The van der Waals surface area contributed by atoms with Crippen LogP contribution in [0.15, 0.2) is 36.4 Å². The lowest BCUT2D eigenvalue weighted by molar-refractivity contribution is -0.113. The van der Waals surface area contributed by atoms with Gasteiger partial charge in [0.05, 0.1) is 12.9 Å². The summed E-state index contributed by atoms with van der Waals surface area (Å²) >= 11 is 1.61. The van der Waals surface area contributed by atoms with E-state index < -0.39 is 0 Å². The van der Waals surface area contributed by atoms with Crippen LogP contribution in [-0.2, 0) is 10.5 Å². The quantitative estimate of drug-likeness (QED) is 0.848. The van der Waals surface area contributed by atoms with Gasteiger partial charge in [-0.2, -0.15) is 0 Å². The number of ether oxygens (including phenoxy) is 1. The van der Waals surface area contributed by atoms with E-state index >= 15 is 0 Å². The van der Waals surface area contributed by atoms with Crippen LogP contribution in [-0.4, -0.2) is 18.8 Å². The second-order valence-electron chi connectivity index (χ2n) is 5.66. The lowest BCUT2D eigenvalue weighted by Crippen LogP contribution is -2.16. The summed E-state index contributed by atoms with van der Waals surface area (Å²) in [7, 11) is 1.66. The smallest absolute Gasteiger partial charge is 0.234 e. The largest absolute Gasteiger partial charge is 0.497 e. The minimum atomic E-state index is 0.0403. The van der Waals surface area contributed by atoms with Gasteiger partial charge >= 0.3 is 0 Å². The van der Waals surface area contributed by atoms with Gasteiger partial charge in [-0.1, -0.05) is 29.8 Å². The summed E-state index contributed by atoms with van der Waals surface area (Å²) in [4.78, 5) is 12.1. The Morgan fingerprint density at radius 1 is 1.09 bits per heavy atom. The zero-order chi connectivity index (χ0) is 16.8. The minimum absolute atomic E-state index is 0.0403. The molecule has 0 saturated heterocycles. The lowest BCUT2D eigenvalue weighted by Gasteiger charge is -2.12. The van der Waals surface area contributed by atoms with Gasteiger partial charge in [0, 0.05) is 11.4 Å². The average molecular weight is 329 g/mol. The number of nitrogens with one attached hydrogen (secondary N) is 1. The van der Waals surface area contributed by atoms with E-state index in [-0.39, 0.29) is 5.91 Å². The monoisotopic (exact) mass is 329 g/mol. The Kier molecular flexibility index (Phi) is 6.11. The van der Waals surface area contributed by atoms with Crippen LogP contribution in [0.2, 0.25) is 0 Å². The topological polar surface area (TPSA) is 38.3 Å². The Bertz CT molecular complexity index is 657. The van der Waals surface area contributed by atoms with Crippen molar-refractivity contribution < 1.29 is 9.53 Å². The van der Waals surface area contributed by atoms with Gasteiger partial charge in [-0.15, -0.1) is 11.8 Å². The van der Waals surface area contributed by atoms with Gasteiger partial charge in [0.1, 0.15) is 5.75 Å². The number of carbonyl (C=O) groups is 1. The van der Waals surface area contributed by atoms with Crippen LogP contribution in [0.25, 0.3) is 0 Å². The molecular formula is C19H23NO2S. The molecule has 0 heterocycles. The molecule has 1 N–H and O–H groups in total. The Balaban J connectivity index is 1.85. The summed E-state index contributed by atoms with van der Waals surface area (Å²) in [6.45, 7) is 6.12. The highest BCUT2D eigenvalue weighted by atomic mass is 32.2. The molecule has 2 aromatic carbocycles. The molecule has 2 rings (SSSR count). The number of benzene rings is 2. The minimum Gasteiger partial charge on any atom is -0.497 e. The number of hydrogen-bond donors (Lipinski definition) is 1. The van der Waals surface area contributed by atoms with E-state index in [2.05, 4.69) is 24.4 Å². The van der Waals surface area contributed by atoms with E-state index in [1.165, 1.54) is 11.1 Å². The molecule has 0 atom stereocenters. The molecule has 4 heteroatoms. The van der Waals surface area contributed by atoms with Crippen molar-refractivity contribution in [3.05, 3.63) is 58.7 Å². The number of hydrogen-bond acceptors (Lipinski definition) is 3. The maximum atomic E-state index is 12.1. The van der Waals surface area contributed by atoms with Crippen molar-refractivity contribution in [2.75, 3.05) is 18.2 Å². The highest BCUT2D eigenvalue weighted by Crippen LogP contribution is 2.22. The predicted molar refractivity (Wildman–Crippen MR) is 98.4 cm³/mol. The average Bonchev–Trinajstić information content (AvgIpc) is 2.51. The van der Waals surface area contributed by atoms with E-state index in [0.717, 1.165) is 28.3 Å². The van der Waals surface area contributed by atoms with Crippen LogP contribution in [0, 0.1) is 20.8 Å². The van der Waals surface area contributed by atoms with Gasteiger partial charge in [0.2, 0.25) is 5.91 Å². The number of carbonyl (C=O) groups excluding carboxylic acids is 1. The third kappa shape index (κ3) is 5.03. The third-order valence-electron chi connectivity index (χ3n) is 3.60. The first-order valence-electron chi connectivity index (χ1n) is 7.58. The number of amides is 1. The van der Waals surface area contributed by atoms with Crippen molar-refractivity contribution in [1.82, 2.24) is 0 Å². The van der Waals surface area contributed by atoms with Crippen LogP contribution < -0.4 is 10.1 Å². The van der Waals surface area contributed by atoms with Gasteiger partial charge in [-0.05, 0) is 49.6 Å². The van der Waals surface area contributed by atoms with Crippen molar-refractivity contribution in [3.8, 4) is 5.75 Å². The number of thioether (sulfide) groups is 1. The third-order valence-corrected chi connectivity index (χ3v) is 4.61. The molecule has 1 amide bonds. The number of aryl methyl sites for hydroxylation is 3. The zero-order valence-electron chi connectivity index (χ0n) is 14.1. The van der Waals surface area contributed by atoms with Gasteiger partial charge in [0.15, 0.2) is 0 Å². The molecule has 0 radical (unpaired) electrons. The molecular weight excluding hydrogens is 306 g/mol. The zero-order valence-corrected chi connectivity index (χ0v) is 14.9. The van der Waals surface area contributed by atoms with Gasteiger partial charge in [-0.25, -0.2) is 0 Å². The summed E-state index contributed by atoms with van der Waals surface area (Å²) < 4.78 is 5.14. The first kappa shape index (κ1) is 17.4. The molecule has 0 aliphatic heterocycles. The number of methoxy groups -OCH3 is 1. The van der Waals surface area contributed by atoms with Crippen LogP contribution >= 0.6 is 11.8 Å². The van der Waals surface area contributed by atoms with Crippen molar-refractivity contribution in [2.24, 2.45) is 0 Å². The van der Waals surface area contributed by atoms with E-state index in [1.54, 1.807) is 18.9 Å². The maximum absolute atomic E-state index is 12.1. The normalized spacial score (nSPS) is 10.4. The molecule has 0 spiro atoms. The van der Waals surface area contributed by atoms with Crippen LogP contribution in [0.3, 0.4) is 0 Å². The number of anilines is 1. The highest BCUT2D eigenvalue weighted by molar-refractivity contribution is 7.99. The Morgan fingerprint density at radius 2 is 1.70 bits per heavy atom. The predicted octanol–water partition coefficient (Wildman–Crippen LogP) is 4.49. The number of rotatable bonds is 6. The first-order chi connectivity index (χ1) is 11.0. The molecule has 0 unspecified atom stereocenters. The van der Waals surface area contributed by atoms with E-state index in [4.69, 9.17) is 4.74 Å². The van der Waals surface area contributed by atoms with Crippen LogP contribution in [0.1, 0.15) is 22.3 Å². The standard InChI is InChI=1S/C19H23NO2S/c1-13-9-14(2)19(15(3)10-13)20-18(21)12-23-11-16-5-7-17(22-4)8-6-16/h5-10H,11-12H2,1-4H3,(H,20,21). The molecule has 3 nitrogen and oxygen atoms in total. The molecule has 0 aliphatic rings. The summed E-state index contributed by atoms with van der Waals surface area (Å²) in [5, 5.41) is 3.03. The Hall–Kier alpha value is -1.94. The van der Waals surface area contributed by atoms with Crippen LogP contribution in [0.4, 0.5) is 5.69 Å². The molecule has 0 bridgehead atoms. The van der Waals surface area contributed by atoms with Gasteiger partial charge in [0.25, 0.3) is 0 Å². The van der Waals surface area contributed by atoms with E-state index in [9.17, 15) is 4.79 Å².